The minimum absolute atomic E-state index is 0.0110. The van der Waals surface area contributed by atoms with E-state index in [9.17, 15) is 4.79 Å². The van der Waals surface area contributed by atoms with Crippen LogP contribution < -0.4 is 0 Å². The highest BCUT2D eigenvalue weighted by Gasteiger charge is 2.37. The van der Waals surface area contributed by atoms with E-state index < -0.39 is 0 Å². The first-order valence-corrected chi connectivity index (χ1v) is 8.25. The Bertz CT molecular complexity index is 325. The van der Waals surface area contributed by atoms with Crippen molar-refractivity contribution >= 4 is 5.97 Å². The molecule has 1 rings (SSSR count). The predicted octanol–water partition coefficient (Wildman–Crippen LogP) is 5.21. The zero-order chi connectivity index (χ0) is 15.6. The third kappa shape index (κ3) is 5.10. The normalized spacial score (nSPS) is 27.9. The van der Waals surface area contributed by atoms with Crippen LogP contribution in [-0.4, -0.2) is 12.1 Å². The van der Waals surface area contributed by atoms with Crippen molar-refractivity contribution in [1.29, 1.82) is 0 Å². The van der Waals surface area contributed by atoms with Crippen molar-refractivity contribution < 1.29 is 9.53 Å². The fraction of sp³-hybridized carbons (Fsp3) is 0.944. The van der Waals surface area contributed by atoms with Gasteiger partial charge in [0.25, 0.3) is 0 Å². The van der Waals surface area contributed by atoms with Crippen LogP contribution in [0, 0.1) is 22.7 Å². The summed E-state index contributed by atoms with van der Waals surface area (Å²) in [5.74, 6) is 0.693. The maximum atomic E-state index is 12.5. The van der Waals surface area contributed by atoms with Crippen LogP contribution in [0.5, 0.6) is 0 Å². The Morgan fingerprint density at radius 1 is 1.30 bits per heavy atom. The summed E-state index contributed by atoms with van der Waals surface area (Å²) >= 11 is 0. The minimum Gasteiger partial charge on any atom is -0.462 e. The van der Waals surface area contributed by atoms with Crippen molar-refractivity contribution in [3.8, 4) is 0 Å². The summed E-state index contributed by atoms with van der Waals surface area (Å²) in [4.78, 5) is 12.5. The van der Waals surface area contributed by atoms with Gasteiger partial charge in [0.15, 0.2) is 0 Å². The number of esters is 1. The quantitative estimate of drug-likeness (QED) is 0.662. The van der Waals surface area contributed by atoms with E-state index in [2.05, 4.69) is 48.5 Å². The average Bonchev–Trinajstić information content (AvgIpc) is 2.20. The molecule has 0 aromatic heterocycles. The molecule has 3 atom stereocenters. The molecule has 0 aromatic carbocycles. The molecule has 20 heavy (non-hydrogen) atoms. The van der Waals surface area contributed by atoms with Crippen molar-refractivity contribution in [2.24, 2.45) is 22.7 Å². The number of rotatable bonds is 4. The van der Waals surface area contributed by atoms with Crippen LogP contribution >= 0.6 is 0 Å². The third-order valence-corrected chi connectivity index (χ3v) is 4.54. The van der Waals surface area contributed by atoms with Crippen molar-refractivity contribution in [3.05, 3.63) is 0 Å². The lowest BCUT2D eigenvalue weighted by atomic mass is 9.71. The lowest BCUT2D eigenvalue weighted by Gasteiger charge is -2.39. The maximum Gasteiger partial charge on any atom is 0.309 e. The Balaban J connectivity index is 2.68. The van der Waals surface area contributed by atoms with Crippen LogP contribution in [0.3, 0.4) is 0 Å². The molecule has 0 bridgehead atoms. The molecule has 0 saturated heterocycles. The Morgan fingerprint density at radius 3 is 2.35 bits per heavy atom. The summed E-state index contributed by atoms with van der Waals surface area (Å²) in [5, 5.41) is 0. The van der Waals surface area contributed by atoms with Crippen LogP contribution in [-0.2, 0) is 9.53 Å². The fourth-order valence-corrected chi connectivity index (χ4v) is 3.79. The van der Waals surface area contributed by atoms with Crippen LogP contribution in [0.2, 0.25) is 0 Å². The first-order valence-electron chi connectivity index (χ1n) is 8.25. The Morgan fingerprint density at radius 2 is 1.90 bits per heavy atom. The molecule has 0 N–H and O–H groups in total. The van der Waals surface area contributed by atoms with Gasteiger partial charge in [-0.1, -0.05) is 54.9 Å². The van der Waals surface area contributed by atoms with Gasteiger partial charge in [-0.15, -0.1) is 0 Å². The Hall–Kier alpha value is -0.530. The number of hydrogen-bond acceptors (Lipinski definition) is 2. The van der Waals surface area contributed by atoms with E-state index in [1.165, 1.54) is 6.42 Å². The molecule has 0 radical (unpaired) electrons. The van der Waals surface area contributed by atoms with E-state index >= 15 is 0 Å². The van der Waals surface area contributed by atoms with Gasteiger partial charge in [0, 0.05) is 0 Å². The summed E-state index contributed by atoms with van der Waals surface area (Å²) in [7, 11) is 0. The molecule has 1 saturated carbocycles. The van der Waals surface area contributed by atoms with Gasteiger partial charge in [0.2, 0.25) is 0 Å². The summed E-state index contributed by atoms with van der Waals surface area (Å²) in [6.07, 6.45) is 5.34. The van der Waals surface area contributed by atoms with Crippen molar-refractivity contribution in [3.63, 3.8) is 0 Å². The standard InChI is InChI=1S/C18H34O2/c1-8-9-15(17(3,4)5)16(19)20-14-10-13(2)11-18(6,7)12-14/h13-15H,8-12H2,1-7H3. The van der Waals surface area contributed by atoms with Crippen LogP contribution in [0.25, 0.3) is 0 Å². The summed E-state index contributed by atoms with van der Waals surface area (Å²) < 4.78 is 5.90. The highest BCUT2D eigenvalue weighted by Crippen LogP contribution is 2.40. The van der Waals surface area contributed by atoms with Gasteiger partial charge in [-0.3, -0.25) is 4.79 Å². The smallest absolute Gasteiger partial charge is 0.309 e. The first-order chi connectivity index (χ1) is 9.05. The highest BCUT2D eigenvalue weighted by molar-refractivity contribution is 5.73. The largest absolute Gasteiger partial charge is 0.462 e. The lowest BCUT2D eigenvalue weighted by Crippen LogP contribution is -2.38. The fourth-order valence-electron chi connectivity index (χ4n) is 3.79. The molecule has 1 aliphatic rings. The number of carbonyl (C=O) groups excluding carboxylic acids is 1. The van der Waals surface area contributed by atoms with Crippen LogP contribution in [0.15, 0.2) is 0 Å². The van der Waals surface area contributed by atoms with Crippen LogP contribution in [0.4, 0.5) is 0 Å². The molecule has 0 aromatic rings. The van der Waals surface area contributed by atoms with Gasteiger partial charge in [0.1, 0.15) is 6.10 Å². The molecule has 118 valence electrons. The van der Waals surface area contributed by atoms with Gasteiger partial charge >= 0.3 is 5.97 Å². The summed E-state index contributed by atoms with van der Waals surface area (Å²) in [6.45, 7) is 15.4. The zero-order valence-electron chi connectivity index (χ0n) is 14.6. The SMILES string of the molecule is CCCC(C(=O)OC1CC(C)CC(C)(C)C1)C(C)(C)C. The summed E-state index contributed by atoms with van der Waals surface area (Å²) in [5.41, 5.74) is 0.285. The molecule has 1 aliphatic carbocycles. The molecule has 0 heterocycles. The molecule has 0 spiro atoms. The molecule has 0 aliphatic heterocycles. The molecule has 1 fully saturated rings. The Kier molecular flexibility index (Phi) is 5.69. The third-order valence-electron chi connectivity index (χ3n) is 4.54. The van der Waals surface area contributed by atoms with E-state index in [1.807, 2.05) is 0 Å². The molecule has 2 nitrogen and oxygen atoms in total. The van der Waals surface area contributed by atoms with Gasteiger partial charge in [-0.25, -0.2) is 0 Å². The average molecular weight is 282 g/mol. The van der Waals surface area contributed by atoms with E-state index in [4.69, 9.17) is 4.74 Å². The monoisotopic (exact) mass is 282 g/mol. The Labute approximate surface area is 125 Å². The summed E-state index contributed by atoms with van der Waals surface area (Å²) in [6, 6.07) is 0. The van der Waals surface area contributed by atoms with E-state index in [-0.39, 0.29) is 23.4 Å². The van der Waals surface area contributed by atoms with E-state index in [0.29, 0.717) is 11.3 Å². The number of hydrogen-bond donors (Lipinski definition) is 0. The topological polar surface area (TPSA) is 26.3 Å². The van der Waals surface area contributed by atoms with Crippen molar-refractivity contribution in [2.75, 3.05) is 0 Å². The highest BCUT2D eigenvalue weighted by atomic mass is 16.5. The minimum atomic E-state index is -0.0110. The van der Waals surface area contributed by atoms with Crippen molar-refractivity contribution in [1.82, 2.24) is 0 Å². The second kappa shape index (κ2) is 6.49. The van der Waals surface area contributed by atoms with Gasteiger partial charge in [-0.05, 0) is 42.4 Å². The second-order valence-corrected chi connectivity index (χ2v) is 8.68. The predicted molar refractivity (Wildman–Crippen MR) is 84.5 cm³/mol. The number of ether oxygens (including phenoxy) is 1. The molecular formula is C18H34O2. The number of carbonyl (C=O) groups is 1. The lowest BCUT2D eigenvalue weighted by molar-refractivity contribution is -0.162. The van der Waals surface area contributed by atoms with Gasteiger partial charge < -0.3 is 4.74 Å². The van der Waals surface area contributed by atoms with Gasteiger partial charge in [-0.2, -0.15) is 0 Å². The zero-order valence-corrected chi connectivity index (χ0v) is 14.6. The molecule has 2 heteroatoms. The first kappa shape index (κ1) is 17.5. The molecular weight excluding hydrogens is 248 g/mol. The van der Waals surface area contributed by atoms with Crippen LogP contribution in [0.1, 0.15) is 80.6 Å². The molecule has 0 amide bonds. The second-order valence-electron chi connectivity index (χ2n) is 8.68. The van der Waals surface area contributed by atoms with E-state index in [1.54, 1.807) is 0 Å². The molecule has 3 unspecified atom stereocenters. The van der Waals surface area contributed by atoms with Crippen molar-refractivity contribution in [2.45, 2.75) is 86.7 Å². The van der Waals surface area contributed by atoms with Gasteiger partial charge in [0.05, 0.1) is 5.92 Å². The van der Waals surface area contributed by atoms with E-state index in [0.717, 1.165) is 25.7 Å². The maximum absolute atomic E-state index is 12.5.